The lowest BCUT2D eigenvalue weighted by atomic mass is 10.1. The number of allylic oxidation sites excluding steroid dienone is 8. The van der Waals surface area contributed by atoms with Gasteiger partial charge in [0.2, 0.25) is 0 Å². The van der Waals surface area contributed by atoms with Gasteiger partial charge >= 0.3 is 17.9 Å². The summed E-state index contributed by atoms with van der Waals surface area (Å²) in [5, 5.41) is 0. The summed E-state index contributed by atoms with van der Waals surface area (Å²) in [5.74, 6) is -0.968. The molecule has 0 rings (SSSR count). The van der Waals surface area contributed by atoms with E-state index in [1.807, 2.05) is 6.08 Å². The van der Waals surface area contributed by atoms with Gasteiger partial charge in [-0.25, -0.2) is 0 Å². The zero-order chi connectivity index (χ0) is 46.5. The SMILES string of the molecule is CCCCCC/C=C/CCCCCCCCCC(=O)OC(COC(=O)CC/C=C/C/C=C/CCCCCCCC)COC(=O)CCCCCCC/C=C/CCCCCCCCCCC. The first kappa shape index (κ1) is 61.4. The standard InChI is InChI=1S/C58H104O6/c1-4-7-10-13-16-19-22-25-27-28-29-31-33-36-39-42-45-48-51-57(60)63-54-55(53-62-56(59)50-47-44-41-38-35-32-24-21-18-15-12-9-6-3)64-58(61)52-49-46-43-40-37-34-30-26-23-20-17-14-11-8-5-2/h20,23,29,31-32,35,41,44,55H,4-19,21-22,24-28,30,33-34,36-40,42-43,45-54H2,1-3H3/b23-20+,31-29+,35-32+,44-41+. The summed E-state index contributed by atoms with van der Waals surface area (Å²) >= 11 is 0. The Bertz CT molecular complexity index is 1120. The highest BCUT2D eigenvalue weighted by molar-refractivity contribution is 5.71. The van der Waals surface area contributed by atoms with Gasteiger partial charge in [0, 0.05) is 19.3 Å². The summed E-state index contributed by atoms with van der Waals surface area (Å²) in [5.41, 5.74) is 0. The van der Waals surface area contributed by atoms with Crippen molar-refractivity contribution in [2.75, 3.05) is 13.2 Å². The zero-order valence-corrected chi connectivity index (χ0v) is 42.6. The van der Waals surface area contributed by atoms with Gasteiger partial charge in [0.25, 0.3) is 0 Å². The highest BCUT2D eigenvalue weighted by atomic mass is 16.6. The topological polar surface area (TPSA) is 78.9 Å². The quantitative estimate of drug-likeness (QED) is 0.0262. The van der Waals surface area contributed by atoms with Gasteiger partial charge in [-0.05, 0) is 89.9 Å². The van der Waals surface area contributed by atoms with E-state index in [1.54, 1.807) is 0 Å². The number of carbonyl (C=O) groups is 3. The van der Waals surface area contributed by atoms with Gasteiger partial charge in [-0.15, -0.1) is 0 Å². The first-order valence-electron chi connectivity index (χ1n) is 27.6. The molecule has 0 aliphatic heterocycles. The predicted molar refractivity (Wildman–Crippen MR) is 275 cm³/mol. The third kappa shape index (κ3) is 50.4. The number of rotatable bonds is 50. The molecule has 0 amide bonds. The molecule has 0 aromatic carbocycles. The lowest BCUT2D eigenvalue weighted by molar-refractivity contribution is -0.166. The van der Waals surface area contributed by atoms with Crippen LogP contribution >= 0.6 is 0 Å². The van der Waals surface area contributed by atoms with Crippen molar-refractivity contribution in [1.82, 2.24) is 0 Å². The van der Waals surface area contributed by atoms with E-state index < -0.39 is 6.10 Å². The molecule has 0 heterocycles. The van der Waals surface area contributed by atoms with Crippen molar-refractivity contribution in [3.05, 3.63) is 48.6 Å². The van der Waals surface area contributed by atoms with Crippen molar-refractivity contribution in [2.24, 2.45) is 0 Å². The monoisotopic (exact) mass is 897 g/mol. The minimum absolute atomic E-state index is 0.0950. The van der Waals surface area contributed by atoms with Crippen LogP contribution in [0.3, 0.4) is 0 Å². The van der Waals surface area contributed by atoms with Gasteiger partial charge < -0.3 is 14.2 Å². The predicted octanol–water partition coefficient (Wildman–Crippen LogP) is 18.3. The van der Waals surface area contributed by atoms with E-state index in [0.29, 0.717) is 19.3 Å². The minimum atomic E-state index is -0.800. The van der Waals surface area contributed by atoms with Crippen molar-refractivity contribution in [3.8, 4) is 0 Å². The molecule has 0 aliphatic rings. The van der Waals surface area contributed by atoms with Crippen LogP contribution in [-0.2, 0) is 28.6 Å². The highest BCUT2D eigenvalue weighted by Gasteiger charge is 2.19. The summed E-state index contributed by atoms with van der Waals surface area (Å²) in [7, 11) is 0. The van der Waals surface area contributed by atoms with E-state index in [0.717, 1.165) is 57.8 Å². The van der Waals surface area contributed by atoms with Crippen LogP contribution in [0.1, 0.15) is 284 Å². The Labute approximate surface area is 397 Å². The number of esters is 3. The average molecular weight is 897 g/mol. The van der Waals surface area contributed by atoms with E-state index in [4.69, 9.17) is 14.2 Å². The van der Waals surface area contributed by atoms with E-state index in [2.05, 4.69) is 63.3 Å². The smallest absolute Gasteiger partial charge is 0.306 e. The van der Waals surface area contributed by atoms with Gasteiger partial charge in [0.15, 0.2) is 6.10 Å². The molecule has 0 spiro atoms. The van der Waals surface area contributed by atoms with Crippen LogP contribution in [0.25, 0.3) is 0 Å². The average Bonchev–Trinajstić information content (AvgIpc) is 3.29. The lowest BCUT2D eigenvalue weighted by Crippen LogP contribution is -2.30. The fraction of sp³-hybridized carbons (Fsp3) is 0.810. The molecule has 1 atom stereocenters. The van der Waals surface area contributed by atoms with E-state index in [9.17, 15) is 14.4 Å². The third-order valence-corrected chi connectivity index (χ3v) is 12.0. The molecule has 0 N–H and O–H groups in total. The second-order valence-electron chi connectivity index (χ2n) is 18.5. The molecule has 64 heavy (non-hydrogen) atoms. The van der Waals surface area contributed by atoms with Crippen LogP contribution < -0.4 is 0 Å². The first-order valence-corrected chi connectivity index (χ1v) is 27.6. The third-order valence-electron chi connectivity index (χ3n) is 12.0. The van der Waals surface area contributed by atoms with E-state index in [-0.39, 0.29) is 37.5 Å². The highest BCUT2D eigenvalue weighted by Crippen LogP contribution is 2.15. The number of carbonyl (C=O) groups excluding carboxylic acids is 3. The van der Waals surface area contributed by atoms with Gasteiger partial charge in [-0.1, -0.05) is 223 Å². The molecule has 0 saturated heterocycles. The maximum absolute atomic E-state index is 12.8. The Hall–Kier alpha value is -2.63. The van der Waals surface area contributed by atoms with Crippen molar-refractivity contribution in [2.45, 2.75) is 290 Å². The zero-order valence-electron chi connectivity index (χ0n) is 42.6. The Morgan fingerprint density at radius 2 is 0.594 bits per heavy atom. The fourth-order valence-electron chi connectivity index (χ4n) is 7.84. The molecule has 0 bridgehead atoms. The summed E-state index contributed by atoms with van der Waals surface area (Å²) < 4.78 is 16.8. The molecular weight excluding hydrogens is 793 g/mol. The van der Waals surface area contributed by atoms with Crippen LogP contribution in [0.5, 0.6) is 0 Å². The summed E-state index contributed by atoms with van der Waals surface area (Å²) in [6, 6.07) is 0. The summed E-state index contributed by atoms with van der Waals surface area (Å²) in [6.07, 6.45) is 64.0. The molecule has 0 aromatic rings. The van der Waals surface area contributed by atoms with Gasteiger partial charge in [-0.3, -0.25) is 14.4 Å². The van der Waals surface area contributed by atoms with E-state index in [1.165, 1.54) is 180 Å². The largest absolute Gasteiger partial charge is 0.462 e. The second-order valence-corrected chi connectivity index (χ2v) is 18.5. The molecule has 0 radical (unpaired) electrons. The van der Waals surface area contributed by atoms with E-state index >= 15 is 0 Å². The van der Waals surface area contributed by atoms with Crippen molar-refractivity contribution < 1.29 is 28.6 Å². The molecule has 6 heteroatoms. The van der Waals surface area contributed by atoms with Crippen LogP contribution in [0.2, 0.25) is 0 Å². The van der Waals surface area contributed by atoms with Crippen molar-refractivity contribution in [1.29, 1.82) is 0 Å². The Balaban J connectivity index is 4.41. The molecular formula is C58H104O6. The Morgan fingerprint density at radius 1 is 0.312 bits per heavy atom. The second kappa shape index (κ2) is 53.0. The van der Waals surface area contributed by atoms with Crippen LogP contribution in [0.4, 0.5) is 0 Å². The molecule has 372 valence electrons. The summed E-state index contributed by atoms with van der Waals surface area (Å²) in [6.45, 7) is 6.58. The number of hydrogen-bond acceptors (Lipinski definition) is 6. The number of ether oxygens (including phenoxy) is 3. The molecule has 0 fully saturated rings. The van der Waals surface area contributed by atoms with Crippen molar-refractivity contribution >= 4 is 17.9 Å². The number of unbranched alkanes of at least 4 members (excludes halogenated alkanes) is 31. The lowest BCUT2D eigenvalue weighted by Gasteiger charge is -2.18. The Morgan fingerprint density at radius 3 is 0.984 bits per heavy atom. The molecule has 1 unspecified atom stereocenters. The maximum Gasteiger partial charge on any atom is 0.306 e. The molecule has 6 nitrogen and oxygen atoms in total. The van der Waals surface area contributed by atoms with Crippen LogP contribution in [-0.4, -0.2) is 37.2 Å². The normalized spacial score (nSPS) is 12.4. The number of hydrogen-bond donors (Lipinski definition) is 0. The van der Waals surface area contributed by atoms with Gasteiger partial charge in [-0.2, -0.15) is 0 Å². The molecule has 0 saturated carbocycles. The van der Waals surface area contributed by atoms with Crippen molar-refractivity contribution in [3.63, 3.8) is 0 Å². The maximum atomic E-state index is 12.8. The molecule has 0 aromatic heterocycles. The van der Waals surface area contributed by atoms with Gasteiger partial charge in [0.1, 0.15) is 13.2 Å². The Kier molecular flexibility index (Phi) is 50.8. The fourth-order valence-corrected chi connectivity index (χ4v) is 7.84. The first-order chi connectivity index (χ1) is 31.5. The van der Waals surface area contributed by atoms with Crippen LogP contribution in [0, 0.1) is 0 Å². The summed E-state index contributed by atoms with van der Waals surface area (Å²) in [4.78, 5) is 38.0. The van der Waals surface area contributed by atoms with Gasteiger partial charge in [0.05, 0.1) is 0 Å². The minimum Gasteiger partial charge on any atom is -0.462 e. The van der Waals surface area contributed by atoms with Crippen LogP contribution in [0.15, 0.2) is 48.6 Å². The molecule has 0 aliphatic carbocycles.